The van der Waals surface area contributed by atoms with E-state index in [1.54, 1.807) is 0 Å². The molecule has 94 valence electrons. The molecule has 1 fully saturated rings. The van der Waals surface area contributed by atoms with E-state index < -0.39 is 0 Å². The number of benzene rings is 1. The molecule has 0 aromatic heterocycles. The van der Waals surface area contributed by atoms with Crippen LogP contribution in [0.25, 0.3) is 0 Å². The summed E-state index contributed by atoms with van der Waals surface area (Å²) in [5.74, 6) is 0. The van der Waals surface area contributed by atoms with Gasteiger partial charge in [0.2, 0.25) is 0 Å². The first-order chi connectivity index (χ1) is 7.98. The van der Waals surface area contributed by atoms with Crippen molar-refractivity contribution < 1.29 is 0 Å². The minimum atomic E-state index is 0.256. The van der Waals surface area contributed by atoms with Crippen LogP contribution in [0.1, 0.15) is 26.7 Å². The highest BCUT2D eigenvalue weighted by Crippen LogP contribution is 2.26. The van der Waals surface area contributed by atoms with Gasteiger partial charge in [-0.05, 0) is 57.5 Å². The van der Waals surface area contributed by atoms with E-state index in [0.717, 1.165) is 11.0 Å². The van der Waals surface area contributed by atoms with Crippen molar-refractivity contribution in [3.05, 3.63) is 28.7 Å². The number of halogens is 1. The van der Waals surface area contributed by atoms with Gasteiger partial charge in [0.15, 0.2) is 0 Å². The molecule has 1 atom stereocenters. The standard InChI is InChI=1S/C14H21BrN2/c1-14(2)10-13(8-9-16-14)17(3)12-6-4-11(15)5-7-12/h4-7,13,16H,8-10H2,1-3H3. The molecule has 2 nitrogen and oxygen atoms in total. The molecule has 17 heavy (non-hydrogen) atoms. The molecule has 0 radical (unpaired) electrons. The third-order valence-corrected chi connectivity index (χ3v) is 4.14. The topological polar surface area (TPSA) is 15.3 Å². The summed E-state index contributed by atoms with van der Waals surface area (Å²) in [5, 5.41) is 3.57. The lowest BCUT2D eigenvalue weighted by Crippen LogP contribution is -2.52. The highest BCUT2D eigenvalue weighted by molar-refractivity contribution is 9.10. The zero-order valence-corrected chi connectivity index (χ0v) is 12.4. The number of piperidine rings is 1. The minimum absolute atomic E-state index is 0.256. The Kier molecular flexibility index (Phi) is 3.79. The second kappa shape index (κ2) is 4.99. The van der Waals surface area contributed by atoms with Gasteiger partial charge in [0.05, 0.1) is 0 Å². The van der Waals surface area contributed by atoms with E-state index >= 15 is 0 Å². The summed E-state index contributed by atoms with van der Waals surface area (Å²) in [6, 6.07) is 9.21. The van der Waals surface area contributed by atoms with Gasteiger partial charge in [-0.3, -0.25) is 0 Å². The Bertz CT molecular complexity index is 372. The number of anilines is 1. The van der Waals surface area contributed by atoms with Crippen molar-refractivity contribution >= 4 is 21.6 Å². The molecule has 3 heteroatoms. The Morgan fingerprint density at radius 2 is 1.94 bits per heavy atom. The number of rotatable bonds is 2. The van der Waals surface area contributed by atoms with Crippen molar-refractivity contribution in [3.8, 4) is 0 Å². The maximum atomic E-state index is 3.57. The van der Waals surface area contributed by atoms with Gasteiger partial charge in [0, 0.05) is 28.8 Å². The monoisotopic (exact) mass is 296 g/mol. The number of nitrogens with one attached hydrogen (secondary N) is 1. The molecule has 0 amide bonds. The summed E-state index contributed by atoms with van der Waals surface area (Å²) < 4.78 is 1.14. The maximum absolute atomic E-state index is 3.57. The van der Waals surface area contributed by atoms with Crippen LogP contribution >= 0.6 is 15.9 Å². The van der Waals surface area contributed by atoms with E-state index in [1.807, 2.05) is 0 Å². The largest absolute Gasteiger partial charge is 0.371 e. The molecule has 1 N–H and O–H groups in total. The van der Waals surface area contributed by atoms with E-state index in [-0.39, 0.29) is 5.54 Å². The van der Waals surface area contributed by atoms with Gasteiger partial charge in [0.1, 0.15) is 0 Å². The second-order valence-electron chi connectivity index (χ2n) is 5.54. The SMILES string of the molecule is CN(c1ccc(Br)cc1)C1CCNC(C)(C)C1. The van der Waals surface area contributed by atoms with Crippen LogP contribution in [0.2, 0.25) is 0 Å². The molecule has 0 saturated carbocycles. The van der Waals surface area contributed by atoms with Crippen molar-refractivity contribution in [2.24, 2.45) is 0 Å². The lowest BCUT2D eigenvalue weighted by atomic mass is 9.88. The maximum Gasteiger partial charge on any atom is 0.0366 e. The first-order valence-corrected chi connectivity index (χ1v) is 7.01. The van der Waals surface area contributed by atoms with E-state index in [9.17, 15) is 0 Å². The fourth-order valence-corrected chi connectivity index (χ4v) is 2.82. The van der Waals surface area contributed by atoms with Crippen LogP contribution in [0.15, 0.2) is 28.7 Å². The number of nitrogens with zero attached hydrogens (tertiary/aromatic N) is 1. The zero-order valence-electron chi connectivity index (χ0n) is 10.8. The Labute approximate surface area is 113 Å². The molecule has 0 spiro atoms. The highest BCUT2D eigenvalue weighted by atomic mass is 79.9. The molecule has 1 unspecified atom stereocenters. The fraction of sp³-hybridized carbons (Fsp3) is 0.571. The first-order valence-electron chi connectivity index (χ1n) is 6.21. The predicted molar refractivity (Wildman–Crippen MR) is 77.6 cm³/mol. The Morgan fingerprint density at radius 1 is 1.29 bits per heavy atom. The van der Waals surface area contributed by atoms with Gasteiger partial charge in [-0.2, -0.15) is 0 Å². The van der Waals surface area contributed by atoms with Gasteiger partial charge < -0.3 is 10.2 Å². The van der Waals surface area contributed by atoms with Crippen LogP contribution in [0.5, 0.6) is 0 Å². The Morgan fingerprint density at radius 3 is 2.53 bits per heavy atom. The van der Waals surface area contributed by atoms with Crippen LogP contribution in [0.4, 0.5) is 5.69 Å². The first kappa shape index (κ1) is 12.9. The van der Waals surface area contributed by atoms with Crippen LogP contribution in [0.3, 0.4) is 0 Å². The highest BCUT2D eigenvalue weighted by Gasteiger charge is 2.29. The molecule has 1 heterocycles. The van der Waals surface area contributed by atoms with E-state index in [0.29, 0.717) is 6.04 Å². The third kappa shape index (κ3) is 3.23. The average molecular weight is 297 g/mol. The summed E-state index contributed by atoms with van der Waals surface area (Å²) in [6.45, 7) is 5.68. The average Bonchev–Trinajstić information content (AvgIpc) is 2.28. The van der Waals surface area contributed by atoms with Crippen LogP contribution in [-0.2, 0) is 0 Å². The molecule has 1 aliphatic rings. The lowest BCUT2D eigenvalue weighted by Gasteiger charge is -2.41. The molecule has 1 aromatic carbocycles. The van der Waals surface area contributed by atoms with Gasteiger partial charge in [-0.1, -0.05) is 15.9 Å². The summed E-state index contributed by atoms with van der Waals surface area (Å²) in [6.07, 6.45) is 2.41. The zero-order chi connectivity index (χ0) is 12.5. The predicted octanol–water partition coefficient (Wildman–Crippen LogP) is 3.42. The van der Waals surface area contributed by atoms with Crippen molar-refractivity contribution in [2.45, 2.75) is 38.3 Å². The van der Waals surface area contributed by atoms with Crippen molar-refractivity contribution in [3.63, 3.8) is 0 Å². The molecule has 0 bridgehead atoms. The summed E-state index contributed by atoms with van der Waals surface area (Å²) in [7, 11) is 2.20. The fourth-order valence-electron chi connectivity index (χ4n) is 2.56. The van der Waals surface area contributed by atoms with Gasteiger partial charge >= 0.3 is 0 Å². The summed E-state index contributed by atoms with van der Waals surface area (Å²) in [5.41, 5.74) is 1.56. The quantitative estimate of drug-likeness (QED) is 0.900. The number of hydrogen-bond donors (Lipinski definition) is 1. The van der Waals surface area contributed by atoms with Gasteiger partial charge in [-0.25, -0.2) is 0 Å². The smallest absolute Gasteiger partial charge is 0.0366 e. The summed E-state index contributed by atoms with van der Waals surface area (Å²) in [4.78, 5) is 2.41. The number of hydrogen-bond acceptors (Lipinski definition) is 2. The molecular weight excluding hydrogens is 276 g/mol. The molecule has 2 rings (SSSR count). The summed E-state index contributed by atoms with van der Waals surface area (Å²) >= 11 is 3.48. The van der Waals surface area contributed by atoms with E-state index in [1.165, 1.54) is 18.5 Å². The van der Waals surface area contributed by atoms with Crippen molar-refractivity contribution in [1.82, 2.24) is 5.32 Å². The third-order valence-electron chi connectivity index (χ3n) is 3.61. The van der Waals surface area contributed by atoms with E-state index in [4.69, 9.17) is 0 Å². The molecule has 1 saturated heterocycles. The van der Waals surface area contributed by atoms with Crippen molar-refractivity contribution in [1.29, 1.82) is 0 Å². The second-order valence-corrected chi connectivity index (χ2v) is 6.46. The minimum Gasteiger partial charge on any atom is -0.371 e. The van der Waals surface area contributed by atoms with Gasteiger partial charge in [-0.15, -0.1) is 0 Å². The van der Waals surface area contributed by atoms with Crippen molar-refractivity contribution in [2.75, 3.05) is 18.5 Å². The van der Waals surface area contributed by atoms with Crippen LogP contribution in [0, 0.1) is 0 Å². The lowest BCUT2D eigenvalue weighted by molar-refractivity contribution is 0.272. The van der Waals surface area contributed by atoms with Crippen LogP contribution < -0.4 is 10.2 Å². The molecule has 0 aliphatic carbocycles. The Balaban J connectivity index is 2.09. The van der Waals surface area contributed by atoms with Gasteiger partial charge in [0.25, 0.3) is 0 Å². The van der Waals surface area contributed by atoms with E-state index in [2.05, 4.69) is 71.3 Å². The normalized spacial score (nSPS) is 23.4. The molecule has 1 aromatic rings. The molecule has 1 aliphatic heterocycles. The van der Waals surface area contributed by atoms with Crippen LogP contribution in [-0.4, -0.2) is 25.2 Å². The Hall–Kier alpha value is -0.540. The molecular formula is C14H21BrN2.